The van der Waals surface area contributed by atoms with E-state index in [9.17, 15) is 4.79 Å². The Morgan fingerprint density at radius 1 is 1.00 bits per heavy atom. The fourth-order valence-electron chi connectivity index (χ4n) is 2.22. The molecule has 0 aliphatic rings. The van der Waals surface area contributed by atoms with Crippen LogP contribution in [0.15, 0.2) is 45.3 Å². The SMILES string of the molecule is CC(C)COc1ccc(C(=O)Oc2ccc(Br)cc2C(C)C)cc1Br. The van der Waals surface area contributed by atoms with Crippen molar-refractivity contribution in [1.82, 2.24) is 0 Å². The summed E-state index contributed by atoms with van der Waals surface area (Å²) in [6.45, 7) is 8.93. The van der Waals surface area contributed by atoms with Gasteiger partial charge in [0, 0.05) is 4.47 Å². The zero-order valence-corrected chi connectivity index (χ0v) is 18.0. The van der Waals surface area contributed by atoms with Gasteiger partial charge in [0.05, 0.1) is 16.6 Å². The maximum Gasteiger partial charge on any atom is 0.343 e. The molecule has 25 heavy (non-hydrogen) atoms. The first-order chi connectivity index (χ1) is 11.8. The van der Waals surface area contributed by atoms with Crippen molar-refractivity contribution in [3.05, 3.63) is 56.5 Å². The van der Waals surface area contributed by atoms with Gasteiger partial charge >= 0.3 is 5.97 Å². The van der Waals surface area contributed by atoms with E-state index in [1.807, 2.05) is 18.2 Å². The highest BCUT2D eigenvalue weighted by molar-refractivity contribution is 9.10. The lowest BCUT2D eigenvalue weighted by molar-refractivity contribution is 0.0732. The lowest BCUT2D eigenvalue weighted by Crippen LogP contribution is -2.11. The van der Waals surface area contributed by atoms with Crippen LogP contribution in [0.1, 0.15) is 49.5 Å². The van der Waals surface area contributed by atoms with Gasteiger partial charge in [0.1, 0.15) is 11.5 Å². The second-order valence-electron chi connectivity index (χ2n) is 6.58. The van der Waals surface area contributed by atoms with Crippen LogP contribution in [0.25, 0.3) is 0 Å². The van der Waals surface area contributed by atoms with E-state index in [2.05, 4.69) is 59.6 Å². The van der Waals surface area contributed by atoms with Crippen LogP contribution in [0.5, 0.6) is 11.5 Å². The summed E-state index contributed by atoms with van der Waals surface area (Å²) in [5, 5.41) is 0. The minimum atomic E-state index is -0.389. The molecule has 0 unspecified atom stereocenters. The Morgan fingerprint density at radius 2 is 1.68 bits per heavy atom. The molecule has 3 nitrogen and oxygen atoms in total. The number of carbonyl (C=O) groups is 1. The first kappa shape index (κ1) is 20.0. The number of hydrogen-bond donors (Lipinski definition) is 0. The van der Waals surface area contributed by atoms with Crippen LogP contribution < -0.4 is 9.47 Å². The largest absolute Gasteiger partial charge is 0.492 e. The van der Waals surface area contributed by atoms with Crippen molar-refractivity contribution in [3.63, 3.8) is 0 Å². The van der Waals surface area contributed by atoms with Gasteiger partial charge < -0.3 is 9.47 Å². The second kappa shape index (κ2) is 8.86. The Labute approximate surface area is 166 Å². The molecule has 0 aromatic heterocycles. The topological polar surface area (TPSA) is 35.5 Å². The van der Waals surface area contributed by atoms with Gasteiger partial charge in [0.25, 0.3) is 0 Å². The van der Waals surface area contributed by atoms with E-state index < -0.39 is 0 Å². The van der Waals surface area contributed by atoms with E-state index in [0.717, 1.165) is 20.3 Å². The van der Waals surface area contributed by atoms with Crippen molar-refractivity contribution < 1.29 is 14.3 Å². The molecular formula is C20H22Br2O3. The van der Waals surface area contributed by atoms with Gasteiger partial charge in [-0.05, 0) is 69.7 Å². The Balaban J connectivity index is 2.18. The summed E-state index contributed by atoms with van der Waals surface area (Å²) in [4.78, 5) is 12.5. The molecule has 5 heteroatoms. The third-order valence-electron chi connectivity index (χ3n) is 3.54. The highest BCUT2D eigenvalue weighted by atomic mass is 79.9. The van der Waals surface area contributed by atoms with Crippen LogP contribution in [0.4, 0.5) is 0 Å². The molecule has 0 fully saturated rings. The van der Waals surface area contributed by atoms with Crippen LogP contribution >= 0.6 is 31.9 Å². The highest BCUT2D eigenvalue weighted by Crippen LogP contribution is 2.31. The summed E-state index contributed by atoms with van der Waals surface area (Å²) in [5.74, 6) is 1.60. The number of carbonyl (C=O) groups excluding carboxylic acids is 1. The minimum absolute atomic E-state index is 0.249. The zero-order valence-electron chi connectivity index (χ0n) is 14.8. The number of halogens is 2. The van der Waals surface area contributed by atoms with Crippen LogP contribution in [0.3, 0.4) is 0 Å². The van der Waals surface area contributed by atoms with E-state index in [1.54, 1.807) is 18.2 Å². The van der Waals surface area contributed by atoms with Gasteiger partial charge in [-0.15, -0.1) is 0 Å². The standard InChI is InChI=1S/C20H22Br2O3/c1-12(2)11-24-19-7-5-14(9-17(19)22)20(23)25-18-8-6-15(21)10-16(18)13(3)4/h5-10,12-13H,11H2,1-4H3. The average molecular weight is 470 g/mol. The van der Waals surface area contributed by atoms with Crippen molar-refractivity contribution in [2.24, 2.45) is 5.92 Å². The van der Waals surface area contributed by atoms with E-state index in [-0.39, 0.29) is 11.9 Å². The molecule has 0 saturated heterocycles. The second-order valence-corrected chi connectivity index (χ2v) is 8.35. The van der Waals surface area contributed by atoms with Gasteiger partial charge in [-0.25, -0.2) is 4.79 Å². The van der Waals surface area contributed by atoms with E-state index in [1.165, 1.54) is 0 Å². The molecule has 0 radical (unpaired) electrons. The van der Waals surface area contributed by atoms with Crippen LogP contribution in [0, 0.1) is 5.92 Å². The first-order valence-corrected chi connectivity index (χ1v) is 9.80. The monoisotopic (exact) mass is 468 g/mol. The lowest BCUT2D eigenvalue weighted by Gasteiger charge is -2.14. The van der Waals surface area contributed by atoms with Gasteiger partial charge in [-0.3, -0.25) is 0 Å². The molecular weight excluding hydrogens is 448 g/mol. The van der Waals surface area contributed by atoms with Gasteiger partial charge in [-0.2, -0.15) is 0 Å². The molecule has 2 aromatic rings. The number of rotatable bonds is 6. The Bertz CT molecular complexity index is 755. The number of esters is 1. The fraction of sp³-hybridized carbons (Fsp3) is 0.350. The van der Waals surface area contributed by atoms with Gasteiger partial charge in [-0.1, -0.05) is 43.6 Å². The summed E-state index contributed by atoms with van der Waals surface area (Å²) in [6, 6.07) is 10.9. The molecule has 2 rings (SSSR count). The Kier molecular flexibility index (Phi) is 7.08. The molecule has 0 spiro atoms. The third-order valence-corrected chi connectivity index (χ3v) is 4.65. The average Bonchev–Trinajstić information content (AvgIpc) is 2.54. The van der Waals surface area contributed by atoms with Crippen LogP contribution in [0.2, 0.25) is 0 Å². The van der Waals surface area contributed by atoms with Crippen molar-refractivity contribution in [2.45, 2.75) is 33.6 Å². The predicted octanol–water partition coefficient (Wildman–Crippen LogP) is 6.59. The smallest absolute Gasteiger partial charge is 0.343 e. The molecule has 0 aliphatic heterocycles. The quantitative estimate of drug-likeness (QED) is 0.353. The van der Waals surface area contributed by atoms with E-state index in [0.29, 0.717) is 23.8 Å². The van der Waals surface area contributed by atoms with Crippen molar-refractivity contribution in [1.29, 1.82) is 0 Å². The Morgan fingerprint density at radius 3 is 2.28 bits per heavy atom. The molecule has 0 atom stereocenters. The van der Waals surface area contributed by atoms with Crippen molar-refractivity contribution >= 4 is 37.8 Å². The molecule has 0 aliphatic carbocycles. The zero-order chi connectivity index (χ0) is 18.6. The molecule has 134 valence electrons. The summed E-state index contributed by atoms with van der Waals surface area (Å²) in [5.41, 5.74) is 1.46. The van der Waals surface area contributed by atoms with Gasteiger partial charge in [0.2, 0.25) is 0 Å². The maximum absolute atomic E-state index is 12.5. The van der Waals surface area contributed by atoms with Crippen LogP contribution in [-0.4, -0.2) is 12.6 Å². The summed E-state index contributed by atoms with van der Waals surface area (Å²) in [7, 11) is 0. The normalized spacial score (nSPS) is 11.0. The molecule has 0 amide bonds. The minimum Gasteiger partial charge on any atom is -0.492 e. The van der Waals surface area contributed by atoms with Crippen molar-refractivity contribution in [3.8, 4) is 11.5 Å². The summed E-state index contributed by atoms with van der Waals surface area (Å²) in [6.07, 6.45) is 0. The summed E-state index contributed by atoms with van der Waals surface area (Å²) >= 11 is 6.92. The molecule has 0 heterocycles. The number of hydrogen-bond acceptors (Lipinski definition) is 3. The maximum atomic E-state index is 12.5. The Hall–Kier alpha value is -1.33. The molecule has 0 bridgehead atoms. The fourth-order valence-corrected chi connectivity index (χ4v) is 3.10. The first-order valence-electron chi connectivity index (χ1n) is 8.22. The third kappa shape index (κ3) is 5.58. The number of benzene rings is 2. The van der Waals surface area contributed by atoms with E-state index >= 15 is 0 Å². The van der Waals surface area contributed by atoms with Crippen LogP contribution in [-0.2, 0) is 0 Å². The highest BCUT2D eigenvalue weighted by Gasteiger charge is 2.15. The summed E-state index contributed by atoms with van der Waals surface area (Å²) < 4.78 is 13.0. The van der Waals surface area contributed by atoms with Crippen molar-refractivity contribution in [2.75, 3.05) is 6.61 Å². The molecule has 0 saturated carbocycles. The molecule has 2 aromatic carbocycles. The lowest BCUT2D eigenvalue weighted by atomic mass is 10.0. The van der Waals surface area contributed by atoms with E-state index in [4.69, 9.17) is 9.47 Å². The number of ether oxygens (including phenoxy) is 2. The molecule has 0 N–H and O–H groups in total. The predicted molar refractivity (Wildman–Crippen MR) is 108 cm³/mol. The van der Waals surface area contributed by atoms with Gasteiger partial charge in [0.15, 0.2) is 0 Å².